The first kappa shape index (κ1) is 18.1. The molecule has 0 unspecified atom stereocenters. The molecule has 3 rings (SSSR count). The Bertz CT molecular complexity index is 781. The summed E-state index contributed by atoms with van der Waals surface area (Å²) in [7, 11) is 0. The highest BCUT2D eigenvalue weighted by Gasteiger charge is 2.24. The van der Waals surface area contributed by atoms with Crippen LogP contribution in [-0.2, 0) is 0 Å². The first-order valence-electron chi connectivity index (χ1n) is 8.87. The molecule has 136 valence electrons. The Labute approximate surface area is 154 Å². The van der Waals surface area contributed by atoms with Crippen molar-refractivity contribution in [3.8, 4) is 5.75 Å². The van der Waals surface area contributed by atoms with Gasteiger partial charge >= 0.3 is 6.09 Å². The number of aryl methyl sites for hydroxylation is 2. The van der Waals surface area contributed by atoms with E-state index in [1.165, 1.54) is 5.56 Å². The van der Waals surface area contributed by atoms with Gasteiger partial charge in [-0.2, -0.15) is 0 Å². The van der Waals surface area contributed by atoms with E-state index in [2.05, 4.69) is 4.90 Å². The molecule has 5 heteroatoms. The van der Waals surface area contributed by atoms with Crippen LogP contribution in [0.1, 0.15) is 21.5 Å². The average Bonchev–Trinajstić information content (AvgIpc) is 2.65. The minimum atomic E-state index is -0.337. The molecule has 26 heavy (non-hydrogen) atoms. The third-order valence-electron chi connectivity index (χ3n) is 4.77. The zero-order valence-corrected chi connectivity index (χ0v) is 15.3. The van der Waals surface area contributed by atoms with Gasteiger partial charge in [0.05, 0.1) is 6.54 Å². The number of rotatable bonds is 4. The van der Waals surface area contributed by atoms with E-state index in [0.29, 0.717) is 38.5 Å². The maximum atomic E-state index is 12.5. The number of carbonyl (C=O) groups excluding carboxylic acids is 2. The molecule has 1 aliphatic heterocycles. The zero-order valence-electron chi connectivity index (χ0n) is 15.3. The van der Waals surface area contributed by atoms with E-state index < -0.39 is 0 Å². The van der Waals surface area contributed by atoms with Gasteiger partial charge in [-0.05, 0) is 43.2 Å². The second kappa shape index (κ2) is 8.15. The van der Waals surface area contributed by atoms with Crippen molar-refractivity contribution in [1.82, 2.24) is 9.80 Å². The van der Waals surface area contributed by atoms with Crippen LogP contribution in [0.25, 0.3) is 0 Å². The van der Waals surface area contributed by atoms with E-state index in [0.717, 1.165) is 11.1 Å². The summed E-state index contributed by atoms with van der Waals surface area (Å²) in [4.78, 5) is 28.5. The number of ether oxygens (including phenoxy) is 1. The number of hydrogen-bond acceptors (Lipinski definition) is 4. The highest BCUT2D eigenvalue weighted by Crippen LogP contribution is 2.13. The second-order valence-corrected chi connectivity index (χ2v) is 6.67. The Hall–Kier alpha value is -2.66. The number of para-hydroxylation sites is 1. The standard InChI is InChI=1S/C21H24N2O3/c1-16-8-9-18(14-17(16)2)20(24)15-22-10-12-23(13-11-22)21(25)26-19-6-4-3-5-7-19/h3-9,14H,10-13,15H2,1-2H3. The van der Waals surface area contributed by atoms with Gasteiger partial charge in [0.25, 0.3) is 0 Å². The first-order chi connectivity index (χ1) is 12.5. The van der Waals surface area contributed by atoms with Crippen LogP contribution in [0.2, 0.25) is 0 Å². The molecule has 1 heterocycles. The molecule has 0 aliphatic carbocycles. The average molecular weight is 352 g/mol. The fourth-order valence-electron chi connectivity index (χ4n) is 2.95. The molecular formula is C21H24N2O3. The normalized spacial score (nSPS) is 14.9. The van der Waals surface area contributed by atoms with E-state index >= 15 is 0 Å². The van der Waals surface area contributed by atoms with Crippen molar-refractivity contribution in [3.63, 3.8) is 0 Å². The summed E-state index contributed by atoms with van der Waals surface area (Å²) in [5, 5.41) is 0. The van der Waals surface area contributed by atoms with Crippen LogP contribution in [0.4, 0.5) is 4.79 Å². The van der Waals surface area contributed by atoms with Gasteiger partial charge in [-0.15, -0.1) is 0 Å². The van der Waals surface area contributed by atoms with Gasteiger partial charge in [-0.25, -0.2) is 4.79 Å². The molecule has 0 N–H and O–H groups in total. The smallest absolute Gasteiger partial charge is 0.410 e. The van der Waals surface area contributed by atoms with Crippen molar-refractivity contribution in [2.75, 3.05) is 32.7 Å². The molecule has 1 saturated heterocycles. The van der Waals surface area contributed by atoms with Gasteiger partial charge in [0.15, 0.2) is 5.78 Å². The Kier molecular flexibility index (Phi) is 5.68. The van der Waals surface area contributed by atoms with Crippen molar-refractivity contribution >= 4 is 11.9 Å². The summed E-state index contributed by atoms with van der Waals surface area (Å²) in [6, 6.07) is 14.9. The predicted octanol–water partition coefficient (Wildman–Crippen LogP) is 3.30. The fourth-order valence-corrected chi connectivity index (χ4v) is 2.95. The predicted molar refractivity (Wildman–Crippen MR) is 101 cm³/mol. The Morgan fingerprint density at radius 3 is 2.27 bits per heavy atom. The van der Waals surface area contributed by atoms with E-state index in [1.54, 1.807) is 17.0 Å². The van der Waals surface area contributed by atoms with E-state index in [1.807, 2.05) is 50.2 Å². The monoisotopic (exact) mass is 352 g/mol. The van der Waals surface area contributed by atoms with Crippen LogP contribution in [0.3, 0.4) is 0 Å². The number of ketones is 1. The minimum Gasteiger partial charge on any atom is -0.410 e. The summed E-state index contributed by atoms with van der Waals surface area (Å²) in [5.74, 6) is 0.665. The number of nitrogens with zero attached hydrogens (tertiary/aromatic N) is 2. The summed E-state index contributed by atoms with van der Waals surface area (Å²) in [6.07, 6.45) is -0.337. The number of carbonyl (C=O) groups is 2. The third-order valence-corrected chi connectivity index (χ3v) is 4.77. The van der Waals surface area contributed by atoms with Crippen LogP contribution in [0.15, 0.2) is 48.5 Å². The van der Waals surface area contributed by atoms with Crippen molar-refractivity contribution in [2.24, 2.45) is 0 Å². The van der Waals surface area contributed by atoms with Crippen LogP contribution in [0.5, 0.6) is 5.75 Å². The molecule has 0 spiro atoms. The first-order valence-corrected chi connectivity index (χ1v) is 8.87. The van der Waals surface area contributed by atoms with Gasteiger partial charge in [-0.3, -0.25) is 9.69 Å². The van der Waals surface area contributed by atoms with Crippen LogP contribution < -0.4 is 4.74 Å². The van der Waals surface area contributed by atoms with Gasteiger partial charge < -0.3 is 9.64 Å². The van der Waals surface area contributed by atoms with Gasteiger partial charge in [0, 0.05) is 31.7 Å². The third kappa shape index (κ3) is 4.49. The molecule has 0 atom stereocenters. The molecule has 0 bridgehead atoms. The second-order valence-electron chi connectivity index (χ2n) is 6.67. The molecule has 0 aromatic heterocycles. The largest absolute Gasteiger partial charge is 0.415 e. The molecule has 0 saturated carbocycles. The molecule has 0 radical (unpaired) electrons. The quantitative estimate of drug-likeness (QED) is 0.792. The number of amides is 1. The molecule has 2 aromatic rings. The Balaban J connectivity index is 1.49. The highest BCUT2D eigenvalue weighted by atomic mass is 16.6. The van der Waals surface area contributed by atoms with Gasteiger partial charge in [0.1, 0.15) is 5.75 Å². The lowest BCUT2D eigenvalue weighted by Crippen LogP contribution is -2.50. The SMILES string of the molecule is Cc1ccc(C(=O)CN2CCN(C(=O)Oc3ccccc3)CC2)cc1C. The van der Waals surface area contributed by atoms with Crippen molar-refractivity contribution in [3.05, 3.63) is 65.2 Å². The topological polar surface area (TPSA) is 49.9 Å². The van der Waals surface area contributed by atoms with Crippen molar-refractivity contribution < 1.29 is 14.3 Å². The molecule has 1 amide bonds. The molecule has 5 nitrogen and oxygen atoms in total. The van der Waals surface area contributed by atoms with E-state index in [-0.39, 0.29) is 11.9 Å². The molecule has 1 fully saturated rings. The summed E-state index contributed by atoms with van der Waals surface area (Å²) in [6.45, 7) is 6.89. The zero-order chi connectivity index (χ0) is 18.5. The van der Waals surface area contributed by atoms with Crippen molar-refractivity contribution in [2.45, 2.75) is 13.8 Å². The molecule has 2 aromatic carbocycles. The minimum absolute atomic E-state index is 0.119. The van der Waals surface area contributed by atoms with Crippen LogP contribution >= 0.6 is 0 Å². The Morgan fingerprint density at radius 2 is 1.62 bits per heavy atom. The summed E-state index contributed by atoms with van der Waals surface area (Å²) >= 11 is 0. The Morgan fingerprint density at radius 1 is 0.923 bits per heavy atom. The molecular weight excluding hydrogens is 328 g/mol. The van der Waals surface area contributed by atoms with Gasteiger partial charge in [0.2, 0.25) is 0 Å². The highest BCUT2D eigenvalue weighted by molar-refractivity contribution is 5.97. The lowest BCUT2D eigenvalue weighted by atomic mass is 10.0. The van der Waals surface area contributed by atoms with Crippen molar-refractivity contribution in [1.29, 1.82) is 0 Å². The maximum Gasteiger partial charge on any atom is 0.415 e. The number of hydrogen-bond donors (Lipinski definition) is 0. The number of Topliss-reactive ketones (excluding diaryl/α,β-unsaturated/α-hetero) is 1. The summed E-state index contributed by atoms with van der Waals surface area (Å²) in [5.41, 5.74) is 3.07. The fraction of sp³-hybridized carbons (Fsp3) is 0.333. The van der Waals surface area contributed by atoms with Crippen LogP contribution in [-0.4, -0.2) is 54.4 Å². The van der Waals surface area contributed by atoms with E-state index in [4.69, 9.17) is 4.74 Å². The van der Waals surface area contributed by atoms with Gasteiger partial charge in [-0.1, -0.05) is 30.3 Å². The molecule has 1 aliphatic rings. The number of benzene rings is 2. The maximum absolute atomic E-state index is 12.5. The lowest BCUT2D eigenvalue weighted by molar-refractivity contribution is 0.0845. The lowest BCUT2D eigenvalue weighted by Gasteiger charge is -2.33. The number of piperazine rings is 1. The van der Waals surface area contributed by atoms with Crippen LogP contribution in [0, 0.1) is 13.8 Å². The van der Waals surface area contributed by atoms with E-state index in [9.17, 15) is 9.59 Å². The summed E-state index contributed by atoms with van der Waals surface area (Å²) < 4.78 is 5.37.